The Bertz CT molecular complexity index is 773. The number of hydrogen-bond donors (Lipinski definition) is 2. The first-order valence-corrected chi connectivity index (χ1v) is 8.40. The largest absolute Gasteiger partial charge is 0.326 e. The van der Waals surface area contributed by atoms with Crippen LogP contribution in [0.4, 0.5) is 11.4 Å². The molecule has 2 aromatic rings. The second kappa shape index (κ2) is 7.01. The Hall–Kier alpha value is -1.75. The van der Waals surface area contributed by atoms with E-state index in [1.807, 2.05) is 0 Å². The molecule has 1 fully saturated rings. The average molecular weight is 384 g/mol. The first-order chi connectivity index (χ1) is 11.5. The molecule has 4 nitrogen and oxygen atoms in total. The standard InChI is InChI=1S/C17H13Cl3N2O2/c18-9-4-6-10(7-5-9)21-16(23)11-8-12(11)17(24)22-15-13(19)2-1-3-14(15)20/h1-7,11-12H,8H2,(H,21,23)(H,22,24). The summed E-state index contributed by atoms with van der Waals surface area (Å²) in [4.78, 5) is 24.4. The van der Waals surface area contributed by atoms with Crippen LogP contribution in [0.25, 0.3) is 0 Å². The minimum absolute atomic E-state index is 0.192. The molecule has 0 aliphatic heterocycles. The van der Waals surface area contributed by atoms with Crippen LogP contribution in [-0.4, -0.2) is 11.8 Å². The van der Waals surface area contributed by atoms with Gasteiger partial charge in [0.2, 0.25) is 11.8 Å². The molecule has 0 bridgehead atoms. The number of anilines is 2. The average Bonchev–Trinajstić information content (AvgIpc) is 3.34. The van der Waals surface area contributed by atoms with Crippen molar-refractivity contribution in [1.29, 1.82) is 0 Å². The predicted molar refractivity (Wildman–Crippen MR) is 96.8 cm³/mol. The van der Waals surface area contributed by atoms with Gasteiger partial charge in [0.25, 0.3) is 0 Å². The molecule has 0 radical (unpaired) electrons. The van der Waals surface area contributed by atoms with E-state index in [1.54, 1.807) is 42.5 Å². The fourth-order valence-electron chi connectivity index (χ4n) is 2.38. The monoisotopic (exact) mass is 382 g/mol. The summed E-state index contributed by atoms with van der Waals surface area (Å²) in [5.41, 5.74) is 1.01. The Balaban J connectivity index is 1.59. The maximum Gasteiger partial charge on any atom is 0.228 e. The normalized spacial score (nSPS) is 18.8. The van der Waals surface area contributed by atoms with Gasteiger partial charge in [-0.15, -0.1) is 0 Å². The van der Waals surface area contributed by atoms with E-state index in [2.05, 4.69) is 10.6 Å². The van der Waals surface area contributed by atoms with E-state index < -0.39 is 0 Å². The van der Waals surface area contributed by atoms with Gasteiger partial charge in [0, 0.05) is 10.7 Å². The fraction of sp³-hybridized carbons (Fsp3) is 0.176. The summed E-state index contributed by atoms with van der Waals surface area (Å²) >= 11 is 17.9. The maximum absolute atomic E-state index is 12.3. The molecule has 1 aliphatic carbocycles. The second-order valence-corrected chi connectivity index (χ2v) is 6.78. The van der Waals surface area contributed by atoms with Crippen LogP contribution in [0.1, 0.15) is 6.42 Å². The van der Waals surface area contributed by atoms with Gasteiger partial charge in [-0.05, 0) is 42.8 Å². The molecular formula is C17H13Cl3N2O2. The van der Waals surface area contributed by atoms with Gasteiger partial charge in [0.1, 0.15) is 0 Å². The molecule has 1 saturated carbocycles. The van der Waals surface area contributed by atoms with Crippen LogP contribution in [0.15, 0.2) is 42.5 Å². The van der Waals surface area contributed by atoms with Crippen molar-refractivity contribution in [2.24, 2.45) is 11.8 Å². The number of nitrogens with one attached hydrogen (secondary N) is 2. The highest BCUT2D eigenvalue weighted by molar-refractivity contribution is 6.39. The van der Waals surface area contributed by atoms with Gasteiger partial charge < -0.3 is 10.6 Å². The lowest BCUT2D eigenvalue weighted by Crippen LogP contribution is -2.20. The molecule has 3 rings (SSSR count). The lowest BCUT2D eigenvalue weighted by atomic mass is 10.2. The SMILES string of the molecule is O=C(Nc1ccc(Cl)cc1)C1CC1C(=O)Nc1c(Cl)cccc1Cl. The molecule has 0 aromatic heterocycles. The third kappa shape index (κ3) is 3.83. The number of halogens is 3. The van der Waals surface area contributed by atoms with Gasteiger partial charge in [0.15, 0.2) is 0 Å². The number of amides is 2. The zero-order valence-corrected chi connectivity index (χ0v) is 14.6. The molecule has 7 heteroatoms. The van der Waals surface area contributed by atoms with Gasteiger partial charge in [-0.2, -0.15) is 0 Å². The summed E-state index contributed by atoms with van der Waals surface area (Å²) in [6.45, 7) is 0. The Kier molecular flexibility index (Phi) is 4.99. The highest BCUT2D eigenvalue weighted by Gasteiger charge is 2.48. The summed E-state index contributed by atoms with van der Waals surface area (Å²) in [5, 5.41) is 6.78. The maximum atomic E-state index is 12.3. The molecule has 2 unspecified atom stereocenters. The molecule has 2 atom stereocenters. The number of carbonyl (C=O) groups excluding carboxylic acids is 2. The minimum Gasteiger partial charge on any atom is -0.326 e. The quantitative estimate of drug-likeness (QED) is 0.792. The van der Waals surface area contributed by atoms with E-state index in [1.165, 1.54) is 0 Å². The molecule has 2 amide bonds. The summed E-state index contributed by atoms with van der Waals surface area (Å²) in [6, 6.07) is 11.8. The van der Waals surface area contributed by atoms with Crippen molar-refractivity contribution >= 4 is 58.0 Å². The number of hydrogen-bond acceptors (Lipinski definition) is 2. The highest BCUT2D eigenvalue weighted by atomic mass is 35.5. The highest BCUT2D eigenvalue weighted by Crippen LogP contribution is 2.41. The van der Waals surface area contributed by atoms with Crippen molar-refractivity contribution in [3.8, 4) is 0 Å². The van der Waals surface area contributed by atoms with Crippen LogP contribution in [-0.2, 0) is 9.59 Å². The molecule has 2 N–H and O–H groups in total. The van der Waals surface area contributed by atoms with Gasteiger partial charge in [0.05, 0.1) is 27.6 Å². The van der Waals surface area contributed by atoms with E-state index >= 15 is 0 Å². The topological polar surface area (TPSA) is 58.2 Å². The Labute approximate surface area is 154 Å². The van der Waals surface area contributed by atoms with E-state index in [0.29, 0.717) is 32.9 Å². The molecule has 0 heterocycles. The molecule has 24 heavy (non-hydrogen) atoms. The van der Waals surface area contributed by atoms with Crippen LogP contribution in [0.3, 0.4) is 0 Å². The zero-order valence-electron chi connectivity index (χ0n) is 12.4. The molecule has 0 spiro atoms. The van der Waals surface area contributed by atoms with Gasteiger partial charge in [-0.1, -0.05) is 40.9 Å². The minimum atomic E-state index is -0.385. The Morgan fingerprint density at radius 3 is 1.96 bits per heavy atom. The second-order valence-electron chi connectivity index (χ2n) is 5.53. The third-order valence-electron chi connectivity index (χ3n) is 3.79. The number of rotatable bonds is 4. The van der Waals surface area contributed by atoms with Crippen molar-refractivity contribution in [3.05, 3.63) is 57.5 Å². The predicted octanol–water partition coefficient (Wildman–Crippen LogP) is 4.86. The summed E-state index contributed by atoms with van der Waals surface area (Å²) in [7, 11) is 0. The van der Waals surface area contributed by atoms with E-state index in [9.17, 15) is 9.59 Å². The number of carbonyl (C=O) groups is 2. The summed E-state index contributed by atoms with van der Waals surface area (Å²) in [5.74, 6) is -1.20. The van der Waals surface area contributed by atoms with Crippen LogP contribution in [0.2, 0.25) is 15.1 Å². The Morgan fingerprint density at radius 2 is 1.38 bits per heavy atom. The molecule has 0 saturated heterocycles. The van der Waals surface area contributed by atoms with Crippen LogP contribution >= 0.6 is 34.8 Å². The lowest BCUT2D eigenvalue weighted by molar-refractivity contribution is -0.122. The molecule has 124 valence electrons. The lowest BCUT2D eigenvalue weighted by Gasteiger charge is -2.09. The molecule has 1 aliphatic rings. The molecular weight excluding hydrogens is 371 g/mol. The molecule has 2 aromatic carbocycles. The first kappa shape index (κ1) is 17.1. The smallest absolute Gasteiger partial charge is 0.228 e. The van der Waals surface area contributed by atoms with E-state index in [0.717, 1.165) is 0 Å². The zero-order chi connectivity index (χ0) is 17.3. The van der Waals surface area contributed by atoms with Crippen LogP contribution in [0, 0.1) is 11.8 Å². The van der Waals surface area contributed by atoms with Crippen molar-refractivity contribution in [2.45, 2.75) is 6.42 Å². The van der Waals surface area contributed by atoms with Gasteiger partial charge in [-0.3, -0.25) is 9.59 Å². The van der Waals surface area contributed by atoms with Crippen LogP contribution in [0.5, 0.6) is 0 Å². The van der Waals surface area contributed by atoms with Crippen molar-refractivity contribution < 1.29 is 9.59 Å². The fourth-order valence-corrected chi connectivity index (χ4v) is 2.99. The number of benzene rings is 2. The summed E-state index contributed by atoms with van der Waals surface area (Å²) in [6.07, 6.45) is 0.493. The third-order valence-corrected chi connectivity index (χ3v) is 4.67. The Morgan fingerprint density at radius 1 is 0.833 bits per heavy atom. The van der Waals surface area contributed by atoms with E-state index in [4.69, 9.17) is 34.8 Å². The van der Waals surface area contributed by atoms with Crippen molar-refractivity contribution in [3.63, 3.8) is 0 Å². The number of para-hydroxylation sites is 1. The van der Waals surface area contributed by atoms with Crippen molar-refractivity contribution in [2.75, 3.05) is 10.6 Å². The van der Waals surface area contributed by atoms with Gasteiger partial charge >= 0.3 is 0 Å². The van der Waals surface area contributed by atoms with Gasteiger partial charge in [-0.25, -0.2) is 0 Å². The first-order valence-electron chi connectivity index (χ1n) is 7.27. The van der Waals surface area contributed by atoms with Crippen LogP contribution < -0.4 is 10.6 Å². The van der Waals surface area contributed by atoms with E-state index in [-0.39, 0.29) is 23.7 Å². The van der Waals surface area contributed by atoms with Crippen molar-refractivity contribution in [1.82, 2.24) is 0 Å². The summed E-state index contributed by atoms with van der Waals surface area (Å²) < 4.78 is 0.